The lowest BCUT2D eigenvalue weighted by atomic mass is 10.0. The number of rotatable bonds is 2. The van der Waals surface area contributed by atoms with Crippen molar-refractivity contribution in [3.8, 4) is 11.5 Å². The second-order valence-electron chi connectivity index (χ2n) is 3.54. The Morgan fingerprint density at radius 2 is 2.00 bits per heavy atom. The summed E-state index contributed by atoms with van der Waals surface area (Å²) in [4.78, 5) is 22.2. The summed E-state index contributed by atoms with van der Waals surface area (Å²) in [7, 11) is 0. The largest absolute Gasteiger partial charge is 0.486 e. The molecule has 1 aromatic carbocycles. The second-order valence-corrected chi connectivity index (χ2v) is 3.92. The van der Waals surface area contributed by atoms with Crippen LogP contribution in [0, 0.1) is 6.92 Å². The molecule has 1 aliphatic rings. The highest BCUT2D eigenvalue weighted by Crippen LogP contribution is 2.41. The maximum Gasteiger partial charge on any atom is 0.377 e. The number of ketones is 1. The fourth-order valence-electron chi connectivity index (χ4n) is 1.65. The number of hydrogen-bond donors (Lipinski definition) is 1. The van der Waals surface area contributed by atoms with Gasteiger partial charge >= 0.3 is 5.97 Å². The van der Waals surface area contributed by atoms with Crippen molar-refractivity contribution >= 4 is 23.4 Å². The molecule has 0 aromatic heterocycles. The summed E-state index contributed by atoms with van der Waals surface area (Å²) in [5.74, 6) is -1.94. The van der Waals surface area contributed by atoms with E-state index in [9.17, 15) is 9.59 Å². The molecular weight excluding hydrogens is 248 g/mol. The van der Waals surface area contributed by atoms with Gasteiger partial charge in [-0.05, 0) is 18.6 Å². The number of aryl methyl sites for hydroxylation is 1. The van der Waals surface area contributed by atoms with E-state index in [1.165, 1.54) is 0 Å². The van der Waals surface area contributed by atoms with E-state index in [4.69, 9.17) is 26.2 Å². The zero-order valence-corrected chi connectivity index (χ0v) is 9.71. The number of benzene rings is 1. The van der Waals surface area contributed by atoms with Crippen molar-refractivity contribution in [2.45, 2.75) is 6.92 Å². The zero-order valence-electron chi connectivity index (χ0n) is 8.95. The highest BCUT2D eigenvalue weighted by molar-refractivity contribution is 6.46. The minimum atomic E-state index is -1.55. The summed E-state index contributed by atoms with van der Waals surface area (Å²) in [6.45, 7) is 2.31. The summed E-state index contributed by atoms with van der Waals surface area (Å²) >= 11 is 5.98. The SMILES string of the molecule is Cc1cc2c(c(Cl)c1C(=O)C(=O)O)OCCO2. The van der Waals surface area contributed by atoms with Gasteiger partial charge in [0.15, 0.2) is 11.5 Å². The summed E-state index contributed by atoms with van der Waals surface area (Å²) in [6.07, 6.45) is 0. The van der Waals surface area contributed by atoms with E-state index in [2.05, 4.69) is 0 Å². The lowest BCUT2D eigenvalue weighted by Crippen LogP contribution is -2.19. The third kappa shape index (κ3) is 1.93. The third-order valence-electron chi connectivity index (χ3n) is 2.39. The molecule has 0 saturated heterocycles. The second kappa shape index (κ2) is 4.25. The molecule has 0 amide bonds. The summed E-state index contributed by atoms with van der Waals surface area (Å²) < 4.78 is 10.6. The first kappa shape index (κ1) is 11.7. The Morgan fingerprint density at radius 3 is 2.65 bits per heavy atom. The molecule has 0 saturated carbocycles. The Balaban J connectivity index is 2.61. The number of carboxylic acids is 1. The van der Waals surface area contributed by atoms with Crippen LogP contribution in [-0.4, -0.2) is 30.1 Å². The van der Waals surface area contributed by atoms with Gasteiger partial charge in [0.1, 0.15) is 13.2 Å². The van der Waals surface area contributed by atoms with Crippen molar-refractivity contribution in [3.05, 3.63) is 22.2 Å². The van der Waals surface area contributed by atoms with Gasteiger partial charge in [0.25, 0.3) is 5.78 Å². The molecule has 0 aliphatic carbocycles. The molecule has 90 valence electrons. The number of hydrogen-bond acceptors (Lipinski definition) is 4. The van der Waals surface area contributed by atoms with Crippen LogP contribution in [0.15, 0.2) is 6.07 Å². The van der Waals surface area contributed by atoms with Gasteiger partial charge in [-0.15, -0.1) is 0 Å². The Morgan fingerprint density at radius 1 is 1.35 bits per heavy atom. The van der Waals surface area contributed by atoms with E-state index in [1.807, 2.05) is 0 Å². The molecule has 0 radical (unpaired) electrons. The molecule has 1 aliphatic heterocycles. The first-order valence-corrected chi connectivity index (χ1v) is 5.26. The Bertz CT molecular complexity index is 509. The van der Waals surface area contributed by atoms with E-state index in [-0.39, 0.29) is 16.3 Å². The number of carboxylic acid groups (broad SMARTS) is 1. The molecule has 1 N–H and O–H groups in total. The number of aliphatic carboxylic acids is 1. The van der Waals surface area contributed by atoms with E-state index >= 15 is 0 Å². The van der Waals surface area contributed by atoms with Gasteiger partial charge in [-0.3, -0.25) is 4.79 Å². The molecule has 5 nitrogen and oxygen atoms in total. The summed E-state index contributed by atoms with van der Waals surface area (Å²) in [6, 6.07) is 1.55. The molecule has 2 rings (SSSR count). The van der Waals surface area contributed by atoms with Crippen LogP contribution < -0.4 is 9.47 Å². The minimum Gasteiger partial charge on any atom is -0.486 e. The Kier molecular flexibility index (Phi) is 2.93. The van der Waals surface area contributed by atoms with Gasteiger partial charge in [0, 0.05) is 0 Å². The predicted octanol–water partition coefficient (Wildman–Crippen LogP) is 1.69. The third-order valence-corrected chi connectivity index (χ3v) is 2.75. The van der Waals surface area contributed by atoms with Crippen LogP contribution >= 0.6 is 11.6 Å². The number of fused-ring (bicyclic) bond motifs is 1. The number of halogens is 1. The maximum absolute atomic E-state index is 11.5. The van der Waals surface area contributed by atoms with Crippen molar-refractivity contribution in [1.29, 1.82) is 0 Å². The van der Waals surface area contributed by atoms with Crippen LogP contribution in [0.5, 0.6) is 11.5 Å². The average molecular weight is 257 g/mol. The van der Waals surface area contributed by atoms with Crippen LogP contribution in [-0.2, 0) is 4.79 Å². The first-order chi connectivity index (χ1) is 8.02. The number of ether oxygens (including phenoxy) is 2. The van der Waals surface area contributed by atoms with E-state index in [0.717, 1.165) is 0 Å². The van der Waals surface area contributed by atoms with Crippen LogP contribution in [0.4, 0.5) is 0 Å². The first-order valence-electron chi connectivity index (χ1n) is 4.88. The fraction of sp³-hybridized carbons (Fsp3) is 0.273. The predicted molar refractivity (Wildman–Crippen MR) is 59.1 cm³/mol. The van der Waals surface area contributed by atoms with Crippen molar-refractivity contribution in [2.24, 2.45) is 0 Å². The molecular formula is C11H9ClO5. The molecule has 1 heterocycles. The van der Waals surface area contributed by atoms with Crippen LogP contribution in [0.3, 0.4) is 0 Å². The summed E-state index contributed by atoms with van der Waals surface area (Å²) in [5.41, 5.74) is 0.398. The van der Waals surface area contributed by atoms with Gasteiger partial charge in [-0.1, -0.05) is 11.6 Å². The van der Waals surface area contributed by atoms with Crippen LogP contribution in [0.2, 0.25) is 5.02 Å². The van der Waals surface area contributed by atoms with Crippen molar-refractivity contribution < 1.29 is 24.2 Å². The number of Topliss-reactive ketones (excluding diaryl/α,β-unsaturated/α-hetero) is 1. The molecule has 0 atom stereocenters. The normalized spacial score (nSPS) is 13.3. The lowest BCUT2D eigenvalue weighted by molar-refractivity contribution is -0.131. The molecule has 17 heavy (non-hydrogen) atoms. The van der Waals surface area contributed by atoms with Gasteiger partial charge in [0.05, 0.1) is 10.6 Å². The van der Waals surface area contributed by atoms with Gasteiger partial charge in [-0.25, -0.2) is 4.79 Å². The molecule has 0 unspecified atom stereocenters. The molecule has 0 fully saturated rings. The van der Waals surface area contributed by atoms with Gasteiger partial charge in [0.2, 0.25) is 0 Å². The van der Waals surface area contributed by atoms with Gasteiger partial charge in [-0.2, -0.15) is 0 Å². The van der Waals surface area contributed by atoms with E-state index < -0.39 is 11.8 Å². The zero-order chi connectivity index (χ0) is 12.6. The maximum atomic E-state index is 11.5. The highest BCUT2D eigenvalue weighted by atomic mass is 35.5. The number of carbonyl (C=O) groups excluding carboxylic acids is 1. The molecule has 0 bridgehead atoms. The minimum absolute atomic E-state index is 0.00731. The highest BCUT2D eigenvalue weighted by Gasteiger charge is 2.27. The smallest absolute Gasteiger partial charge is 0.377 e. The monoisotopic (exact) mass is 256 g/mol. The van der Waals surface area contributed by atoms with Gasteiger partial charge < -0.3 is 14.6 Å². The Hall–Kier alpha value is -1.75. The number of carbonyl (C=O) groups is 2. The topological polar surface area (TPSA) is 72.8 Å². The molecule has 1 aromatic rings. The van der Waals surface area contributed by atoms with Crippen LogP contribution in [0.1, 0.15) is 15.9 Å². The quantitative estimate of drug-likeness (QED) is 0.644. The lowest BCUT2D eigenvalue weighted by Gasteiger charge is -2.21. The van der Waals surface area contributed by atoms with E-state index in [0.29, 0.717) is 24.5 Å². The van der Waals surface area contributed by atoms with Crippen molar-refractivity contribution in [1.82, 2.24) is 0 Å². The fourth-order valence-corrected chi connectivity index (χ4v) is 2.03. The summed E-state index contributed by atoms with van der Waals surface area (Å²) in [5, 5.41) is 8.70. The van der Waals surface area contributed by atoms with Crippen LogP contribution in [0.25, 0.3) is 0 Å². The standard InChI is InChI=1S/C11H9ClO5/c1-5-4-6-10(17-3-2-16-6)8(12)7(5)9(13)11(14)15/h4H,2-3H2,1H3,(H,14,15). The van der Waals surface area contributed by atoms with Crippen molar-refractivity contribution in [2.75, 3.05) is 13.2 Å². The molecule has 0 spiro atoms. The average Bonchev–Trinajstić information content (AvgIpc) is 2.28. The van der Waals surface area contributed by atoms with Crippen molar-refractivity contribution in [3.63, 3.8) is 0 Å². The Labute approximate surface area is 102 Å². The molecule has 6 heteroatoms. The van der Waals surface area contributed by atoms with E-state index in [1.54, 1.807) is 13.0 Å².